The van der Waals surface area contributed by atoms with Crippen molar-refractivity contribution >= 4 is 21.7 Å². The summed E-state index contributed by atoms with van der Waals surface area (Å²) in [5, 5.41) is 2.24. The van der Waals surface area contributed by atoms with Gasteiger partial charge in [0.25, 0.3) is 0 Å². The molecule has 1 atom stereocenters. The molecule has 1 N–H and O–H groups in total. The fourth-order valence-electron chi connectivity index (χ4n) is 1.83. The van der Waals surface area contributed by atoms with E-state index in [0.29, 0.717) is 13.0 Å². The Morgan fingerprint density at radius 3 is 2.44 bits per heavy atom. The second kappa shape index (κ2) is 4.82. The number of carbonyl (C=O) groups excluding carboxylic acids is 2. The molecule has 0 aromatic carbocycles. The average Bonchev–Trinajstić information content (AvgIpc) is 2.58. The number of carbonyl (C=O) groups is 2. The fourth-order valence-corrected chi connectivity index (χ4v) is 3.56. The van der Waals surface area contributed by atoms with E-state index in [-0.39, 0.29) is 17.5 Å². The summed E-state index contributed by atoms with van der Waals surface area (Å²) >= 11 is 0. The molecule has 0 saturated carbocycles. The van der Waals surface area contributed by atoms with Crippen LogP contribution in [0.1, 0.15) is 13.3 Å². The Balaban J connectivity index is 2.76. The number of sulfone groups is 1. The van der Waals surface area contributed by atoms with E-state index in [4.69, 9.17) is 0 Å². The summed E-state index contributed by atoms with van der Waals surface area (Å²) in [5.41, 5.74) is 0. The van der Waals surface area contributed by atoms with Gasteiger partial charge in [0.05, 0.1) is 11.5 Å². The van der Waals surface area contributed by atoms with Gasteiger partial charge in [-0.05, 0) is 13.3 Å². The van der Waals surface area contributed by atoms with Crippen molar-refractivity contribution in [1.82, 2.24) is 10.2 Å². The lowest BCUT2D eigenvalue weighted by Crippen LogP contribution is -2.47. The summed E-state index contributed by atoms with van der Waals surface area (Å²) in [6, 6.07) is -0.361. The molecule has 1 fully saturated rings. The van der Waals surface area contributed by atoms with Crippen molar-refractivity contribution in [2.24, 2.45) is 0 Å². The Hall–Kier alpha value is -1.11. The molecule has 1 rings (SSSR count). The lowest BCUT2D eigenvalue weighted by molar-refractivity contribution is -0.146. The van der Waals surface area contributed by atoms with Crippen molar-refractivity contribution in [3.63, 3.8) is 0 Å². The first-order chi connectivity index (χ1) is 7.41. The van der Waals surface area contributed by atoms with E-state index in [2.05, 4.69) is 5.32 Å². The van der Waals surface area contributed by atoms with Crippen molar-refractivity contribution in [2.45, 2.75) is 19.4 Å². The Kier molecular flexibility index (Phi) is 3.90. The van der Waals surface area contributed by atoms with Gasteiger partial charge < -0.3 is 10.2 Å². The number of nitrogens with zero attached hydrogens (tertiary/aromatic N) is 1. The molecule has 2 amide bonds. The van der Waals surface area contributed by atoms with Gasteiger partial charge in [-0.2, -0.15) is 0 Å². The van der Waals surface area contributed by atoms with Crippen molar-refractivity contribution in [3.05, 3.63) is 0 Å². The predicted molar refractivity (Wildman–Crippen MR) is 58.5 cm³/mol. The first kappa shape index (κ1) is 13.0. The van der Waals surface area contributed by atoms with Gasteiger partial charge in [-0.1, -0.05) is 0 Å². The zero-order valence-corrected chi connectivity index (χ0v) is 10.2. The minimum Gasteiger partial charge on any atom is -0.351 e. The molecule has 0 aliphatic carbocycles. The summed E-state index contributed by atoms with van der Waals surface area (Å²) in [6.07, 6.45) is 0.416. The van der Waals surface area contributed by atoms with Crippen molar-refractivity contribution in [1.29, 1.82) is 0 Å². The monoisotopic (exact) mass is 248 g/mol. The van der Waals surface area contributed by atoms with Crippen LogP contribution >= 0.6 is 0 Å². The molecular formula is C9H16N2O4S. The summed E-state index contributed by atoms with van der Waals surface area (Å²) in [6.45, 7) is 2.07. The topological polar surface area (TPSA) is 83.6 Å². The van der Waals surface area contributed by atoms with E-state index in [1.807, 2.05) is 0 Å². The van der Waals surface area contributed by atoms with Crippen LogP contribution in [0.25, 0.3) is 0 Å². The average molecular weight is 248 g/mol. The SMILES string of the molecule is CCN(C(=O)C(=O)NC)C1CCS(=O)(=O)C1. The van der Waals surface area contributed by atoms with Gasteiger partial charge in [-0.3, -0.25) is 9.59 Å². The van der Waals surface area contributed by atoms with E-state index in [1.165, 1.54) is 11.9 Å². The Morgan fingerprint density at radius 1 is 1.44 bits per heavy atom. The maximum absolute atomic E-state index is 11.6. The normalized spacial score (nSPS) is 22.8. The van der Waals surface area contributed by atoms with Gasteiger partial charge in [0, 0.05) is 19.6 Å². The third kappa shape index (κ3) is 2.72. The van der Waals surface area contributed by atoms with E-state index < -0.39 is 21.7 Å². The van der Waals surface area contributed by atoms with Crippen LogP contribution in [-0.4, -0.2) is 56.3 Å². The molecule has 6 nitrogen and oxygen atoms in total. The maximum atomic E-state index is 11.6. The first-order valence-corrected chi connectivity index (χ1v) is 6.96. The largest absolute Gasteiger partial charge is 0.351 e. The van der Waals surface area contributed by atoms with Gasteiger partial charge in [0.2, 0.25) is 0 Å². The molecule has 1 unspecified atom stereocenters. The van der Waals surface area contributed by atoms with Crippen LogP contribution in [0.2, 0.25) is 0 Å². The Bertz CT molecular complexity index is 390. The van der Waals surface area contributed by atoms with Crippen molar-refractivity contribution < 1.29 is 18.0 Å². The molecule has 16 heavy (non-hydrogen) atoms. The van der Waals surface area contributed by atoms with Gasteiger partial charge >= 0.3 is 11.8 Å². The lowest BCUT2D eigenvalue weighted by atomic mass is 10.2. The van der Waals surface area contributed by atoms with E-state index in [9.17, 15) is 18.0 Å². The van der Waals surface area contributed by atoms with Crippen molar-refractivity contribution in [3.8, 4) is 0 Å². The number of nitrogens with one attached hydrogen (secondary N) is 1. The quantitative estimate of drug-likeness (QED) is 0.620. The van der Waals surface area contributed by atoms with Crippen LogP contribution in [0.15, 0.2) is 0 Å². The van der Waals surface area contributed by atoms with Crippen molar-refractivity contribution in [2.75, 3.05) is 25.1 Å². The number of amides is 2. The molecule has 0 bridgehead atoms. The minimum absolute atomic E-state index is 0.0381. The standard InChI is InChI=1S/C9H16N2O4S/c1-3-11(9(13)8(12)10-2)7-4-5-16(14,15)6-7/h7H,3-6H2,1-2H3,(H,10,12). The summed E-state index contributed by atoms with van der Waals surface area (Å²) in [5.74, 6) is -1.31. The smallest absolute Gasteiger partial charge is 0.312 e. The van der Waals surface area contributed by atoms with E-state index >= 15 is 0 Å². The highest BCUT2D eigenvalue weighted by atomic mass is 32.2. The van der Waals surface area contributed by atoms with E-state index in [0.717, 1.165) is 0 Å². The van der Waals surface area contributed by atoms with Crippen LogP contribution in [0.3, 0.4) is 0 Å². The number of likely N-dealkylation sites (N-methyl/N-ethyl adjacent to an activating group) is 2. The summed E-state index contributed by atoms with van der Waals surface area (Å²) < 4.78 is 22.6. The van der Waals surface area contributed by atoms with Gasteiger partial charge in [0.1, 0.15) is 0 Å². The molecule has 0 spiro atoms. The maximum Gasteiger partial charge on any atom is 0.312 e. The van der Waals surface area contributed by atoms with Gasteiger partial charge in [-0.25, -0.2) is 8.42 Å². The zero-order chi connectivity index (χ0) is 12.3. The van der Waals surface area contributed by atoms with E-state index in [1.54, 1.807) is 6.92 Å². The second-order valence-corrected chi connectivity index (χ2v) is 5.96. The molecule has 1 aliphatic rings. The number of hydrogen-bond acceptors (Lipinski definition) is 4. The minimum atomic E-state index is -3.04. The molecule has 7 heteroatoms. The third-order valence-corrected chi connectivity index (χ3v) is 4.42. The van der Waals surface area contributed by atoms with Gasteiger partial charge in [-0.15, -0.1) is 0 Å². The molecule has 1 heterocycles. The Morgan fingerprint density at radius 2 is 2.06 bits per heavy atom. The number of hydrogen-bond donors (Lipinski definition) is 1. The molecule has 1 aliphatic heterocycles. The second-order valence-electron chi connectivity index (χ2n) is 3.73. The van der Waals surface area contributed by atoms with Gasteiger partial charge in [0.15, 0.2) is 9.84 Å². The fraction of sp³-hybridized carbons (Fsp3) is 0.778. The van der Waals surface area contributed by atoms with Crippen LogP contribution in [-0.2, 0) is 19.4 Å². The zero-order valence-electron chi connectivity index (χ0n) is 9.39. The molecule has 0 aromatic heterocycles. The van der Waals surface area contributed by atoms with Crippen LogP contribution in [0.4, 0.5) is 0 Å². The molecule has 1 saturated heterocycles. The highest BCUT2D eigenvalue weighted by Gasteiger charge is 2.35. The summed E-state index contributed by atoms with van der Waals surface area (Å²) in [4.78, 5) is 24.1. The molecular weight excluding hydrogens is 232 g/mol. The first-order valence-electron chi connectivity index (χ1n) is 5.14. The lowest BCUT2D eigenvalue weighted by Gasteiger charge is -2.25. The molecule has 92 valence electrons. The molecule has 0 aromatic rings. The van der Waals surface area contributed by atoms with Crippen LogP contribution in [0, 0.1) is 0 Å². The highest BCUT2D eigenvalue weighted by Crippen LogP contribution is 2.17. The number of rotatable bonds is 2. The molecule has 0 radical (unpaired) electrons. The Labute approximate surface area is 94.9 Å². The third-order valence-electron chi connectivity index (χ3n) is 2.67. The predicted octanol–water partition coefficient (Wildman–Crippen LogP) is -1.23. The van der Waals surface area contributed by atoms with Crippen LogP contribution < -0.4 is 5.32 Å². The highest BCUT2D eigenvalue weighted by molar-refractivity contribution is 7.91. The summed E-state index contributed by atoms with van der Waals surface area (Å²) in [7, 11) is -1.67. The van der Waals surface area contributed by atoms with Crippen LogP contribution in [0.5, 0.6) is 0 Å².